The zero-order chi connectivity index (χ0) is 14.9. The topological polar surface area (TPSA) is 55.1 Å². The van der Waals surface area contributed by atoms with E-state index in [1.807, 2.05) is 5.32 Å². The predicted molar refractivity (Wildman–Crippen MR) is 70.1 cm³/mol. The van der Waals surface area contributed by atoms with Gasteiger partial charge in [0.25, 0.3) is 5.91 Å². The summed E-state index contributed by atoms with van der Waals surface area (Å²) in [4.78, 5) is 11.9. The predicted octanol–water partition coefficient (Wildman–Crippen LogP) is 3.59. The zero-order valence-electron chi connectivity index (χ0n) is 9.88. The van der Waals surface area contributed by atoms with Crippen molar-refractivity contribution in [3.8, 4) is 0 Å². The molecule has 0 spiro atoms. The molecule has 0 saturated carbocycles. The fraction of sp³-hybridized carbons (Fsp3) is 0. The molecule has 20 heavy (non-hydrogen) atoms. The van der Waals surface area contributed by atoms with Gasteiger partial charge in [-0.3, -0.25) is 4.79 Å². The molecular formula is C13H8ClF3N2O. The minimum absolute atomic E-state index is 0.0328. The van der Waals surface area contributed by atoms with E-state index in [1.165, 1.54) is 18.2 Å². The van der Waals surface area contributed by atoms with Crippen LogP contribution in [0.1, 0.15) is 10.4 Å². The average Bonchev–Trinajstić information content (AvgIpc) is 2.33. The lowest BCUT2D eigenvalue weighted by Crippen LogP contribution is -2.16. The molecule has 0 aliphatic rings. The average molecular weight is 301 g/mol. The van der Waals surface area contributed by atoms with Gasteiger partial charge in [0, 0.05) is 17.8 Å². The van der Waals surface area contributed by atoms with Gasteiger partial charge in [-0.15, -0.1) is 0 Å². The van der Waals surface area contributed by atoms with E-state index in [4.69, 9.17) is 17.3 Å². The number of benzene rings is 2. The quantitative estimate of drug-likeness (QED) is 0.833. The van der Waals surface area contributed by atoms with Crippen molar-refractivity contribution in [1.29, 1.82) is 0 Å². The molecular weight excluding hydrogens is 293 g/mol. The van der Waals surface area contributed by atoms with E-state index in [1.54, 1.807) is 0 Å². The zero-order valence-corrected chi connectivity index (χ0v) is 10.6. The van der Waals surface area contributed by atoms with Gasteiger partial charge in [-0.25, -0.2) is 13.2 Å². The Morgan fingerprint density at radius 2 is 1.75 bits per heavy atom. The molecule has 2 aromatic carbocycles. The van der Waals surface area contributed by atoms with Crippen LogP contribution < -0.4 is 11.1 Å². The Bertz CT molecular complexity index is 648. The number of rotatable bonds is 2. The van der Waals surface area contributed by atoms with Crippen LogP contribution in [0.15, 0.2) is 30.3 Å². The maximum atomic E-state index is 13.4. The van der Waals surface area contributed by atoms with Crippen molar-refractivity contribution in [1.82, 2.24) is 0 Å². The van der Waals surface area contributed by atoms with Crippen LogP contribution in [-0.4, -0.2) is 5.91 Å². The summed E-state index contributed by atoms with van der Waals surface area (Å²) in [6.07, 6.45) is 0. The van der Waals surface area contributed by atoms with Gasteiger partial charge >= 0.3 is 0 Å². The van der Waals surface area contributed by atoms with Gasteiger partial charge in [0.1, 0.15) is 11.5 Å². The Hall–Kier alpha value is -2.21. The Morgan fingerprint density at radius 3 is 2.30 bits per heavy atom. The highest BCUT2D eigenvalue weighted by molar-refractivity contribution is 6.35. The van der Waals surface area contributed by atoms with Crippen LogP contribution in [0.3, 0.4) is 0 Å². The van der Waals surface area contributed by atoms with Crippen LogP contribution in [0.4, 0.5) is 24.5 Å². The van der Waals surface area contributed by atoms with Crippen LogP contribution in [0.5, 0.6) is 0 Å². The number of amides is 1. The van der Waals surface area contributed by atoms with E-state index in [2.05, 4.69) is 0 Å². The molecule has 1 amide bonds. The Morgan fingerprint density at radius 1 is 1.15 bits per heavy atom. The molecule has 0 atom stereocenters. The first-order valence-corrected chi connectivity index (χ1v) is 5.78. The number of anilines is 2. The van der Waals surface area contributed by atoms with Gasteiger partial charge < -0.3 is 11.1 Å². The van der Waals surface area contributed by atoms with E-state index >= 15 is 0 Å². The summed E-state index contributed by atoms with van der Waals surface area (Å²) in [5, 5.41) is 2.02. The van der Waals surface area contributed by atoms with Crippen molar-refractivity contribution in [2.45, 2.75) is 0 Å². The summed E-state index contributed by atoms with van der Waals surface area (Å²) < 4.78 is 39.6. The highest BCUT2D eigenvalue weighted by atomic mass is 35.5. The number of carbonyl (C=O) groups is 1. The standard InChI is InChI=1S/C13H8ClF3N2O/c14-7-2-1-3-10(18)11(7)13(20)19-12-8(16)4-6(15)5-9(12)17/h1-5H,18H2,(H,19,20). The number of nitrogen functional groups attached to an aromatic ring is 1. The molecule has 0 fully saturated rings. The third kappa shape index (κ3) is 2.70. The molecule has 7 heteroatoms. The summed E-state index contributed by atoms with van der Waals surface area (Å²) in [7, 11) is 0. The first kappa shape index (κ1) is 14.2. The fourth-order valence-corrected chi connectivity index (χ4v) is 1.89. The van der Waals surface area contributed by atoms with Crippen LogP contribution in [0.2, 0.25) is 5.02 Å². The SMILES string of the molecule is Nc1cccc(Cl)c1C(=O)Nc1c(F)cc(F)cc1F. The molecule has 104 valence electrons. The lowest BCUT2D eigenvalue weighted by molar-refractivity contribution is 0.102. The van der Waals surface area contributed by atoms with Gasteiger partial charge in [-0.05, 0) is 12.1 Å². The van der Waals surface area contributed by atoms with Gasteiger partial charge in [0.2, 0.25) is 0 Å². The lowest BCUT2D eigenvalue weighted by atomic mass is 10.1. The van der Waals surface area contributed by atoms with Crippen molar-refractivity contribution in [2.24, 2.45) is 0 Å². The smallest absolute Gasteiger partial charge is 0.259 e. The Balaban J connectivity index is 2.38. The van der Waals surface area contributed by atoms with E-state index in [-0.39, 0.29) is 16.3 Å². The number of hydrogen-bond acceptors (Lipinski definition) is 2. The van der Waals surface area contributed by atoms with Crippen LogP contribution in [0.25, 0.3) is 0 Å². The summed E-state index contributed by atoms with van der Waals surface area (Å²) in [6.45, 7) is 0. The van der Waals surface area contributed by atoms with Crippen molar-refractivity contribution in [3.63, 3.8) is 0 Å². The molecule has 0 aromatic heterocycles. The fourth-order valence-electron chi connectivity index (χ4n) is 1.62. The molecule has 0 heterocycles. The Labute approximate surface area is 117 Å². The molecule has 0 radical (unpaired) electrons. The summed E-state index contributed by atoms with van der Waals surface area (Å²) in [5.74, 6) is -4.45. The molecule has 0 unspecified atom stereocenters. The number of hydrogen-bond donors (Lipinski definition) is 2. The molecule has 0 saturated heterocycles. The lowest BCUT2D eigenvalue weighted by Gasteiger charge is -2.10. The number of nitrogens with one attached hydrogen (secondary N) is 1. The van der Waals surface area contributed by atoms with Gasteiger partial charge in [-0.2, -0.15) is 0 Å². The maximum absolute atomic E-state index is 13.4. The van der Waals surface area contributed by atoms with Crippen molar-refractivity contribution in [3.05, 3.63) is 58.4 Å². The van der Waals surface area contributed by atoms with E-state index in [9.17, 15) is 18.0 Å². The van der Waals surface area contributed by atoms with Crippen LogP contribution in [-0.2, 0) is 0 Å². The first-order chi connectivity index (χ1) is 9.40. The van der Waals surface area contributed by atoms with E-state index in [0.717, 1.165) is 0 Å². The van der Waals surface area contributed by atoms with Crippen LogP contribution >= 0.6 is 11.6 Å². The molecule has 0 bridgehead atoms. The van der Waals surface area contributed by atoms with Crippen molar-refractivity contribution in [2.75, 3.05) is 11.1 Å². The second-order valence-corrected chi connectivity index (χ2v) is 4.31. The molecule has 0 aliphatic carbocycles. The largest absolute Gasteiger partial charge is 0.398 e. The van der Waals surface area contributed by atoms with Crippen molar-refractivity contribution >= 4 is 28.9 Å². The van der Waals surface area contributed by atoms with Gasteiger partial charge in [0.05, 0.1) is 10.6 Å². The molecule has 3 N–H and O–H groups in total. The molecule has 2 aromatic rings. The number of halogens is 4. The minimum atomic E-state index is -1.23. The summed E-state index contributed by atoms with van der Waals surface area (Å²) >= 11 is 5.81. The van der Waals surface area contributed by atoms with E-state index < -0.39 is 29.0 Å². The van der Waals surface area contributed by atoms with Crippen molar-refractivity contribution < 1.29 is 18.0 Å². The second-order valence-electron chi connectivity index (χ2n) is 3.90. The number of nitrogens with two attached hydrogens (primary N) is 1. The monoisotopic (exact) mass is 300 g/mol. The normalized spacial score (nSPS) is 10.4. The van der Waals surface area contributed by atoms with E-state index in [0.29, 0.717) is 12.1 Å². The highest BCUT2D eigenvalue weighted by Crippen LogP contribution is 2.25. The third-order valence-electron chi connectivity index (χ3n) is 2.52. The molecule has 3 nitrogen and oxygen atoms in total. The summed E-state index contributed by atoms with van der Waals surface area (Å²) in [6, 6.07) is 5.25. The van der Waals surface area contributed by atoms with Gasteiger partial charge in [0.15, 0.2) is 11.6 Å². The highest BCUT2D eigenvalue weighted by Gasteiger charge is 2.18. The maximum Gasteiger partial charge on any atom is 0.259 e. The third-order valence-corrected chi connectivity index (χ3v) is 2.83. The molecule has 0 aliphatic heterocycles. The first-order valence-electron chi connectivity index (χ1n) is 5.40. The summed E-state index contributed by atoms with van der Waals surface area (Å²) in [5.41, 5.74) is 4.76. The minimum Gasteiger partial charge on any atom is -0.398 e. The second kappa shape index (κ2) is 5.42. The van der Waals surface area contributed by atoms with Crippen LogP contribution in [0, 0.1) is 17.5 Å². The molecule has 2 rings (SSSR count). The van der Waals surface area contributed by atoms with Gasteiger partial charge in [-0.1, -0.05) is 17.7 Å². The Kier molecular flexibility index (Phi) is 3.85. The number of carbonyl (C=O) groups excluding carboxylic acids is 1.